The highest BCUT2D eigenvalue weighted by Gasteiger charge is 2.27. The van der Waals surface area contributed by atoms with Crippen LogP contribution in [0.1, 0.15) is 37.0 Å². The Morgan fingerprint density at radius 1 is 1.45 bits per heavy atom. The molecule has 7 heteroatoms. The number of hydrogen-bond acceptors (Lipinski definition) is 4. The summed E-state index contributed by atoms with van der Waals surface area (Å²) in [7, 11) is 1.54. The quantitative estimate of drug-likeness (QED) is 0.511. The van der Waals surface area contributed by atoms with Crippen LogP contribution in [-0.4, -0.2) is 28.8 Å². The van der Waals surface area contributed by atoms with Crippen molar-refractivity contribution >= 4 is 17.3 Å². The van der Waals surface area contributed by atoms with Crippen molar-refractivity contribution in [3.63, 3.8) is 0 Å². The van der Waals surface area contributed by atoms with Gasteiger partial charge in [-0.1, -0.05) is 13.8 Å². The topological polar surface area (TPSA) is 89.5 Å². The molecule has 0 saturated heterocycles. The van der Waals surface area contributed by atoms with E-state index in [0.29, 0.717) is 12.8 Å². The number of halogens is 1. The van der Waals surface area contributed by atoms with E-state index in [2.05, 4.69) is 0 Å². The van der Waals surface area contributed by atoms with E-state index < -0.39 is 33.6 Å². The van der Waals surface area contributed by atoms with E-state index in [-0.39, 0.29) is 6.04 Å². The Bertz CT molecular complexity index is 530. The molecule has 1 amide bonds. The maximum absolute atomic E-state index is 13.8. The molecular formula is C13H18FN3O3. The molecule has 0 saturated carbocycles. The minimum Gasteiger partial charge on any atom is -0.392 e. The predicted molar refractivity (Wildman–Crippen MR) is 73.9 cm³/mol. The van der Waals surface area contributed by atoms with E-state index in [0.717, 1.165) is 12.1 Å². The van der Waals surface area contributed by atoms with Crippen molar-refractivity contribution in [1.82, 2.24) is 4.90 Å². The first-order chi connectivity index (χ1) is 9.34. The number of anilines is 1. The molecule has 0 heterocycles. The molecule has 0 bridgehead atoms. The van der Waals surface area contributed by atoms with Crippen molar-refractivity contribution < 1.29 is 14.1 Å². The number of carbonyl (C=O) groups is 1. The molecule has 0 fully saturated rings. The average Bonchev–Trinajstić information content (AvgIpc) is 2.39. The SMILES string of the molecule is CCC(CC)N(C)C(=O)c1c(F)ccc([N+](=O)[O-])c1N. The average molecular weight is 283 g/mol. The van der Waals surface area contributed by atoms with Gasteiger partial charge in [0, 0.05) is 19.2 Å². The second kappa shape index (κ2) is 6.31. The third kappa shape index (κ3) is 2.87. The van der Waals surface area contributed by atoms with E-state index in [9.17, 15) is 19.3 Å². The molecule has 0 spiro atoms. The number of hydrogen-bond donors (Lipinski definition) is 1. The van der Waals surface area contributed by atoms with Crippen LogP contribution in [0.3, 0.4) is 0 Å². The number of carbonyl (C=O) groups excluding carboxylic acids is 1. The standard InChI is InChI=1S/C13H18FN3O3/c1-4-8(5-2)16(3)13(18)11-9(14)6-7-10(12(11)15)17(19)20/h6-8H,4-5,15H2,1-3H3. The van der Waals surface area contributed by atoms with Crippen molar-refractivity contribution in [2.45, 2.75) is 32.7 Å². The molecule has 0 aromatic heterocycles. The van der Waals surface area contributed by atoms with Crippen molar-refractivity contribution in [2.24, 2.45) is 0 Å². The van der Waals surface area contributed by atoms with Crippen LogP contribution in [0.2, 0.25) is 0 Å². The minimum atomic E-state index is -0.851. The highest BCUT2D eigenvalue weighted by Crippen LogP contribution is 2.29. The van der Waals surface area contributed by atoms with Gasteiger partial charge in [0.2, 0.25) is 0 Å². The monoisotopic (exact) mass is 283 g/mol. The van der Waals surface area contributed by atoms with Crippen LogP contribution in [-0.2, 0) is 0 Å². The summed E-state index contributed by atoms with van der Waals surface area (Å²) in [6.07, 6.45) is 1.41. The molecule has 0 atom stereocenters. The maximum Gasteiger partial charge on any atom is 0.293 e. The van der Waals surface area contributed by atoms with Crippen LogP contribution in [0.25, 0.3) is 0 Å². The van der Waals surface area contributed by atoms with E-state index in [1.54, 1.807) is 0 Å². The van der Waals surface area contributed by atoms with E-state index in [1.165, 1.54) is 11.9 Å². The van der Waals surface area contributed by atoms with Crippen molar-refractivity contribution in [3.8, 4) is 0 Å². The van der Waals surface area contributed by atoms with Gasteiger partial charge in [0.25, 0.3) is 11.6 Å². The molecule has 0 unspecified atom stereocenters. The van der Waals surface area contributed by atoms with E-state index in [4.69, 9.17) is 5.73 Å². The summed E-state index contributed by atoms with van der Waals surface area (Å²) in [4.78, 5) is 23.7. The summed E-state index contributed by atoms with van der Waals surface area (Å²) in [6.45, 7) is 3.82. The Morgan fingerprint density at radius 3 is 2.45 bits per heavy atom. The summed E-state index contributed by atoms with van der Waals surface area (Å²) in [5.74, 6) is -1.49. The zero-order chi connectivity index (χ0) is 15.4. The van der Waals surface area contributed by atoms with Gasteiger partial charge in [0.15, 0.2) is 0 Å². The predicted octanol–water partition coefficient (Wildman–Crippen LogP) is 2.58. The van der Waals surface area contributed by atoms with Crippen LogP contribution in [0.5, 0.6) is 0 Å². The number of rotatable bonds is 5. The van der Waals surface area contributed by atoms with E-state index in [1.807, 2.05) is 13.8 Å². The fourth-order valence-electron chi connectivity index (χ4n) is 2.14. The van der Waals surface area contributed by atoms with Crippen LogP contribution < -0.4 is 5.73 Å². The van der Waals surface area contributed by atoms with Crippen LogP contribution in [0.15, 0.2) is 12.1 Å². The fraction of sp³-hybridized carbons (Fsp3) is 0.462. The van der Waals surface area contributed by atoms with Gasteiger partial charge in [-0.15, -0.1) is 0 Å². The molecule has 2 N–H and O–H groups in total. The molecule has 1 rings (SSSR count). The lowest BCUT2D eigenvalue weighted by molar-refractivity contribution is -0.384. The summed E-state index contributed by atoms with van der Waals surface area (Å²) >= 11 is 0. The third-order valence-corrected chi connectivity index (χ3v) is 3.39. The molecule has 1 aromatic carbocycles. The highest BCUT2D eigenvalue weighted by atomic mass is 19.1. The summed E-state index contributed by atoms with van der Waals surface area (Å²) in [5, 5.41) is 10.8. The summed E-state index contributed by atoms with van der Waals surface area (Å²) in [5.41, 5.74) is 4.24. The lowest BCUT2D eigenvalue weighted by Gasteiger charge is -2.26. The second-order valence-corrected chi connectivity index (χ2v) is 4.50. The number of nitrogen functional groups attached to an aromatic ring is 1. The maximum atomic E-state index is 13.8. The fourth-order valence-corrected chi connectivity index (χ4v) is 2.14. The largest absolute Gasteiger partial charge is 0.392 e. The van der Waals surface area contributed by atoms with Crippen molar-refractivity contribution in [2.75, 3.05) is 12.8 Å². The molecule has 0 aliphatic heterocycles. The van der Waals surface area contributed by atoms with Gasteiger partial charge < -0.3 is 10.6 Å². The highest BCUT2D eigenvalue weighted by molar-refractivity contribution is 6.01. The van der Waals surface area contributed by atoms with Gasteiger partial charge >= 0.3 is 0 Å². The molecule has 110 valence electrons. The number of nitrogens with zero attached hydrogens (tertiary/aromatic N) is 2. The normalized spacial score (nSPS) is 10.7. The smallest absolute Gasteiger partial charge is 0.293 e. The lowest BCUT2D eigenvalue weighted by atomic mass is 10.1. The van der Waals surface area contributed by atoms with Gasteiger partial charge in [-0.3, -0.25) is 14.9 Å². The zero-order valence-corrected chi connectivity index (χ0v) is 11.7. The Morgan fingerprint density at radius 2 is 2.00 bits per heavy atom. The Labute approximate surface area is 116 Å². The molecule has 6 nitrogen and oxygen atoms in total. The van der Waals surface area contributed by atoms with Gasteiger partial charge in [-0.2, -0.15) is 0 Å². The van der Waals surface area contributed by atoms with Gasteiger partial charge in [-0.25, -0.2) is 4.39 Å². The first kappa shape index (κ1) is 15.9. The molecule has 0 radical (unpaired) electrons. The second-order valence-electron chi connectivity index (χ2n) is 4.50. The van der Waals surface area contributed by atoms with E-state index >= 15 is 0 Å². The number of amides is 1. The Balaban J connectivity index is 3.28. The Hall–Kier alpha value is -2.18. The summed E-state index contributed by atoms with van der Waals surface area (Å²) in [6, 6.07) is 1.78. The Kier molecular flexibility index (Phi) is 5.01. The number of benzene rings is 1. The summed E-state index contributed by atoms with van der Waals surface area (Å²) < 4.78 is 13.8. The molecule has 0 aliphatic carbocycles. The van der Waals surface area contributed by atoms with Crippen molar-refractivity contribution in [3.05, 3.63) is 33.6 Å². The van der Waals surface area contributed by atoms with Crippen molar-refractivity contribution in [1.29, 1.82) is 0 Å². The first-order valence-corrected chi connectivity index (χ1v) is 6.34. The minimum absolute atomic E-state index is 0.0689. The first-order valence-electron chi connectivity index (χ1n) is 6.34. The van der Waals surface area contributed by atoms with Crippen LogP contribution >= 0.6 is 0 Å². The molecule has 20 heavy (non-hydrogen) atoms. The number of nitrogens with two attached hydrogens (primary N) is 1. The lowest BCUT2D eigenvalue weighted by Crippen LogP contribution is -2.37. The van der Waals surface area contributed by atoms with Gasteiger partial charge in [-0.05, 0) is 18.9 Å². The molecular weight excluding hydrogens is 265 g/mol. The number of nitro benzene ring substituents is 1. The zero-order valence-electron chi connectivity index (χ0n) is 11.7. The molecule has 1 aromatic rings. The van der Waals surface area contributed by atoms with Crippen LogP contribution in [0, 0.1) is 15.9 Å². The van der Waals surface area contributed by atoms with Crippen LogP contribution in [0.4, 0.5) is 15.8 Å². The number of nitro groups is 1. The molecule has 0 aliphatic rings. The van der Waals surface area contributed by atoms with Gasteiger partial charge in [0.05, 0.1) is 4.92 Å². The third-order valence-electron chi connectivity index (χ3n) is 3.39. The van der Waals surface area contributed by atoms with Gasteiger partial charge in [0.1, 0.15) is 17.1 Å².